The molecule has 2 heterocycles. The summed E-state index contributed by atoms with van der Waals surface area (Å²) in [6.07, 6.45) is 3.33. The predicted octanol–water partition coefficient (Wildman–Crippen LogP) is 3.70. The first-order chi connectivity index (χ1) is 12.8. The van der Waals surface area contributed by atoms with Gasteiger partial charge >= 0.3 is 0 Å². The lowest BCUT2D eigenvalue weighted by Gasteiger charge is -2.42. The summed E-state index contributed by atoms with van der Waals surface area (Å²) in [4.78, 5) is 17.2. The standard InChI is InChI=1S/C23H26N2O/c26-23(12-17-6-2-1-3-7-17)25-14-19(15-25)21-16-24(13-18-10-11-18)22-9-5-4-8-20(21)22/h1-9,18-19,21H,10-16H2/t21-/m0/s1. The molecule has 0 N–H and O–H groups in total. The molecule has 3 heteroatoms. The molecule has 2 aromatic rings. The first kappa shape index (κ1) is 15.9. The lowest BCUT2D eigenvalue weighted by Crippen LogP contribution is -2.53. The third kappa shape index (κ3) is 3.00. The number of amides is 1. The molecular formula is C23H26N2O. The van der Waals surface area contributed by atoms with Crippen LogP contribution >= 0.6 is 0 Å². The molecule has 1 atom stereocenters. The lowest BCUT2D eigenvalue weighted by molar-refractivity contribution is -0.137. The van der Waals surface area contributed by atoms with Gasteiger partial charge in [-0.05, 0) is 36.0 Å². The summed E-state index contributed by atoms with van der Waals surface area (Å²) >= 11 is 0. The molecule has 26 heavy (non-hydrogen) atoms. The molecule has 2 fully saturated rings. The molecule has 0 radical (unpaired) electrons. The number of hydrogen-bond donors (Lipinski definition) is 0. The predicted molar refractivity (Wildman–Crippen MR) is 104 cm³/mol. The first-order valence-corrected chi connectivity index (χ1v) is 9.93. The highest BCUT2D eigenvalue weighted by atomic mass is 16.2. The number of benzene rings is 2. The van der Waals surface area contributed by atoms with Crippen molar-refractivity contribution in [3.05, 3.63) is 65.7 Å². The third-order valence-corrected chi connectivity index (χ3v) is 6.30. The Bertz CT molecular complexity index is 793. The van der Waals surface area contributed by atoms with Crippen LogP contribution in [0.5, 0.6) is 0 Å². The molecule has 5 rings (SSSR count). The summed E-state index contributed by atoms with van der Waals surface area (Å²) in [6.45, 7) is 4.20. The highest BCUT2D eigenvalue weighted by Crippen LogP contribution is 2.44. The normalized spacial score (nSPS) is 22.2. The van der Waals surface area contributed by atoms with Crippen LogP contribution in [-0.2, 0) is 11.2 Å². The molecule has 0 bridgehead atoms. The topological polar surface area (TPSA) is 23.6 Å². The van der Waals surface area contributed by atoms with Crippen molar-refractivity contribution in [2.75, 3.05) is 31.1 Å². The van der Waals surface area contributed by atoms with Crippen molar-refractivity contribution in [1.29, 1.82) is 0 Å². The number of carbonyl (C=O) groups excluding carboxylic acids is 1. The molecule has 1 amide bonds. The van der Waals surface area contributed by atoms with Gasteiger partial charge in [0.15, 0.2) is 0 Å². The molecule has 134 valence electrons. The largest absolute Gasteiger partial charge is 0.370 e. The van der Waals surface area contributed by atoms with Gasteiger partial charge in [0.1, 0.15) is 0 Å². The molecule has 1 saturated carbocycles. The highest BCUT2D eigenvalue weighted by Gasteiger charge is 2.42. The average Bonchev–Trinajstić information content (AvgIpc) is 3.37. The molecule has 2 aliphatic heterocycles. The maximum Gasteiger partial charge on any atom is 0.227 e. The van der Waals surface area contributed by atoms with E-state index in [-0.39, 0.29) is 5.91 Å². The molecule has 3 aliphatic rings. The van der Waals surface area contributed by atoms with Gasteiger partial charge in [-0.2, -0.15) is 0 Å². The lowest BCUT2D eigenvalue weighted by atomic mass is 9.82. The zero-order valence-corrected chi connectivity index (χ0v) is 15.2. The Morgan fingerprint density at radius 2 is 1.65 bits per heavy atom. The fourth-order valence-electron chi connectivity index (χ4n) is 4.56. The minimum absolute atomic E-state index is 0.272. The van der Waals surface area contributed by atoms with Gasteiger partial charge in [-0.25, -0.2) is 0 Å². The number of hydrogen-bond acceptors (Lipinski definition) is 2. The fourth-order valence-corrected chi connectivity index (χ4v) is 4.56. The molecule has 0 aromatic heterocycles. The zero-order valence-electron chi connectivity index (χ0n) is 15.2. The van der Waals surface area contributed by atoms with Crippen LogP contribution in [0.1, 0.15) is 29.9 Å². The van der Waals surface area contributed by atoms with E-state index in [1.165, 1.54) is 30.6 Å². The van der Waals surface area contributed by atoms with Crippen molar-refractivity contribution < 1.29 is 4.79 Å². The van der Waals surface area contributed by atoms with E-state index < -0.39 is 0 Å². The van der Waals surface area contributed by atoms with Crippen LogP contribution in [0.4, 0.5) is 5.69 Å². The Kier molecular flexibility index (Phi) is 3.96. The molecule has 0 spiro atoms. The van der Waals surface area contributed by atoms with Crippen LogP contribution in [0, 0.1) is 11.8 Å². The third-order valence-electron chi connectivity index (χ3n) is 6.30. The van der Waals surface area contributed by atoms with Crippen molar-refractivity contribution in [3.8, 4) is 0 Å². The SMILES string of the molecule is O=C(Cc1ccccc1)N1CC([C@@H]2CN(CC3CC3)c3ccccc32)C1. The molecule has 3 nitrogen and oxygen atoms in total. The maximum absolute atomic E-state index is 12.5. The number of likely N-dealkylation sites (tertiary alicyclic amines) is 1. The number of fused-ring (bicyclic) bond motifs is 1. The average molecular weight is 346 g/mol. The second-order valence-electron chi connectivity index (χ2n) is 8.23. The summed E-state index contributed by atoms with van der Waals surface area (Å²) in [6, 6.07) is 19.0. The van der Waals surface area contributed by atoms with Gasteiger partial charge in [0.2, 0.25) is 5.91 Å². The molecule has 1 aliphatic carbocycles. The highest BCUT2D eigenvalue weighted by molar-refractivity contribution is 5.79. The molecule has 2 aromatic carbocycles. The minimum atomic E-state index is 0.272. The van der Waals surface area contributed by atoms with Crippen LogP contribution in [-0.4, -0.2) is 37.0 Å². The van der Waals surface area contributed by atoms with Crippen molar-refractivity contribution in [2.45, 2.75) is 25.2 Å². The van der Waals surface area contributed by atoms with Crippen LogP contribution in [0.15, 0.2) is 54.6 Å². The maximum atomic E-state index is 12.5. The summed E-state index contributed by atoms with van der Waals surface area (Å²) in [5, 5.41) is 0. The number of carbonyl (C=O) groups is 1. The van der Waals surface area contributed by atoms with Gasteiger partial charge in [0, 0.05) is 43.7 Å². The van der Waals surface area contributed by atoms with Gasteiger partial charge < -0.3 is 9.80 Å². The van der Waals surface area contributed by atoms with Crippen molar-refractivity contribution in [2.24, 2.45) is 11.8 Å². The fraction of sp³-hybridized carbons (Fsp3) is 0.435. The monoisotopic (exact) mass is 346 g/mol. The van der Waals surface area contributed by atoms with E-state index in [1.54, 1.807) is 0 Å². The van der Waals surface area contributed by atoms with Gasteiger partial charge in [-0.1, -0.05) is 48.5 Å². The summed E-state index contributed by atoms with van der Waals surface area (Å²) < 4.78 is 0. The smallest absolute Gasteiger partial charge is 0.227 e. The van der Waals surface area contributed by atoms with Gasteiger partial charge in [0.25, 0.3) is 0 Å². The van der Waals surface area contributed by atoms with E-state index in [0.717, 1.165) is 31.1 Å². The first-order valence-electron chi connectivity index (χ1n) is 9.93. The quantitative estimate of drug-likeness (QED) is 0.824. The van der Waals surface area contributed by atoms with E-state index in [1.807, 2.05) is 35.2 Å². The van der Waals surface area contributed by atoms with Crippen LogP contribution < -0.4 is 4.90 Å². The van der Waals surface area contributed by atoms with E-state index in [0.29, 0.717) is 18.3 Å². The Morgan fingerprint density at radius 3 is 2.42 bits per heavy atom. The van der Waals surface area contributed by atoms with E-state index in [2.05, 4.69) is 29.2 Å². The number of anilines is 1. The minimum Gasteiger partial charge on any atom is -0.370 e. The second-order valence-corrected chi connectivity index (χ2v) is 8.23. The van der Waals surface area contributed by atoms with E-state index in [9.17, 15) is 4.79 Å². The van der Waals surface area contributed by atoms with Crippen LogP contribution in [0.2, 0.25) is 0 Å². The summed E-state index contributed by atoms with van der Waals surface area (Å²) in [5.74, 6) is 2.38. The molecule has 0 unspecified atom stereocenters. The van der Waals surface area contributed by atoms with Crippen LogP contribution in [0.3, 0.4) is 0 Å². The van der Waals surface area contributed by atoms with Gasteiger partial charge in [-0.15, -0.1) is 0 Å². The Labute approximate surface area is 155 Å². The molecule has 1 saturated heterocycles. The number of para-hydroxylation sites is 1. The molecular weight excluding hydrogens is 320 g/mol. The summed E-state index contributed by atoms with van der Waals surface area (Å²) in [5.41, 5.74) is 4.06. The number of nitrogens with zero attached hydrogens (tertiary/aromatic N) is 2. The van der Waals surface area contributed by atoms with E-state index >= 15 is 0 Å². The Morgan fingerprint density at radius 1 is 0.923 bits per heavy atom. The Balaban J connectivity index is 1.23. The zero-order chi connectivity index (χ0) is 17.5. The van der Waals surface area contributed by atoms with Crippen molar-refractivity contribution >= 4 is 11.6 Å². The van der Waals surface area contributed by atoms with Gasteiger partial charge in [-0.3, -0.25) is 4.79 Å². The van der Waals surface area contributed by atoms with Crippen LogP contribution in [0.25, 0.3) is 0 Å². The van der Waals surface area contributed by atoms with Crippen molar-refractivity contribution in [3.63, 3.8) is 0 Å². The summed E-state index contributed by atoms with van der Waals surface area (Å²) in [7, 11) is 0. The second kappa shape index (κ2) is 6.46. The Hall–Kier alpha value is -2.29. The van der Waals surface area contributed by atoms with Gasteiger partial charge in [0.05, 0.1) is 6.42 Å². The van der Waals surface area contributed by atoms with E-state index in [4.69, 9.17) is 0 Å². The van der Waals surface area contributed by atoms with Crippen molar-refractivity contribution in [1.82, 2.24) is 4.90 Å². The number of rotatable bonds is 5.